The van der Waals surface area contributed by atoms with E-state index < -0.39 is 0 Å². The minimum absolute atomic E-state index is 0.124. The van der Waals surface area contributed by atoms with E-state index in [1.807, 2.05) is 43.7 Å². The maximum atomic E-state index is 12.4. The molecule has 9 heteroatoms. The number of ether oxygens (including phenoxy) is 1. The van der Waals surface area contributed by atoms with Crippen LogP contribution in [0.3, 0.4) is 0 Å². The predicted molar refractivity (Wildman–Crippen MR) is 135 cm³/mol. The highest BCUT2D eigenvalue weighted by Crippen LogP contribution is 2.28. The number of hydrogen-bond acceptors (Lipinski definition) is 6. The zero-order chi connectivity index (χ0) is 24.4. The van der Waals surface area contributed by atoms with Gasteiger partial charge in [0.15, 0.2) is 0 Å². The highest BCUT2D eigenvalue weighted by Gasteiger charge is 2.27. The van der Waals surface area contributed by atoms with Gasteiger partial charge in [-0.05, 0) is 24.3 Å². The molecule has 2 amide bonds. The summed E-state index contributed by atoms with van der Waals surface area (Å²) in [4.78, 5) is 18.9. The lowest BCUT2D eigenvalue weighted by Crippen LogP contribution is -2.46. The molecule has 0 unspecified atom stereocenters. The van der Waals surface area contributed by atoms with Crippen LogP contribution in [0.1, 0.15) is 24.8 Å². The number of aromatic nitrogens is 3. The average Bonchev–Trinajstić information content (AvgIpc) is 3.34. The second-order valence-corrected chi connectivity index (χ2v) is 9.09. The van der Waals surface area contributed by atoms with Crippen LogP contribution in [0.15, 0.2) is 54.1 Å². The predicted octanol–water partition coefficient (Wildman–Crippen LogP) is 3.07. The Morgan fingerprint density at radius 1 is 1.23 bits per heavy atom. The molecule has 35 heavy (non-hydrogen) atoms. The molecular formula is C26H31N7O2. The van der Waals surface area contributed by atoms with Crippen LogP contribution >= 0.6 is 0 Å². The maximum absolute atomic E-state index is 12.4. The molecule has 2 aliphatic heterocycles. The van der Waals surface area contributed by atoms with E-state index in [1.165, 1.54) is 0 Å². The number of amides is 2. The molecular weight excluding hydrogens is 442 g/mol. The van der Waals surface area contributed by atoms with Crippen molar-refractivity contribution in [2.45, 2.75) is 25.3 Å². The Hall–Kier alpha value is -3.72. The number of nitrogens with one attached hydrogen (secondary N) is 3. The lowest BCUT2D eigenvalue weighted by molar-refractivity contribution is 0.0798. The van der Waals surface area contributed by atoms with Gasteiger partial charge in [-0.15, -0.1) is 0 Å². The first-order chi connectivity index (χ1) is 17.0. The standard InChI is InChI=1S/C26H31N7O2/c1-28-26(34)33-9-6-23(31-19-7-10-35-11-8-19)22(16-33)25(27)20-5-3-4-17-12-24(29-14-21(17)20)18-13-30-32(2)15-18/h3-5,12-15,19,27,31H,6-11,16H2,1-2H3,(H,28,34). The third-order valence-corrected chi connectivity index (χ3v) is 6.78. The summed E-state index contributed by atoms with van der Waals surface area (Å²) in [6.45, 7) is 2.50. The molecule has 1 aromatic carbocycles. The molecule has 182 valence electrons. The molecule has 2 aliphatic rings. The minimum atomic E-state index is -0.124. The molecule has 1 saturated heterocycles. The van der Waals surface area contributed by atoms with Crippen molar-refractivity contribution in [3.63, 3.8) is 0 Å². The highest BCUT2D eigenvalue weighted by atomic mass is 16.5. The Balaban J connectivity index is 1.51. The van der Waals surface area contributed by atoms with Gasteiger partial charge in [-0.2, -0.15) is 5.10 Å². The van der Waals surface area contributed by atoms with Gasteiger partial charge in [-0.1, -0.05) is 18.2 Å². The summed E-state index contributed by atoms with van der Waals surface area (Å²) in [6.07, 6.45) is 8.16. The van der Waals surface area contributed by atoms with Gasteiger partial charge in [-0.25, -0.2) is 4.79 Å². The summed E-state index contributed by atoms with van der Waals surface area (Å²) in [5.74, 6) is 0. The number of pyridine rings is 1. The fourth-order valence-electron chi connectivity index (χ4n) is 4.84. The number of carbonyl (C=O) groups is 1. The van der Waals surface area contributed by atoms with Gasteiger partial charge in [-0.3, -0.25) is 15.1 Å². The number of hydrogen-bond donors (Lipinski definition) is 3. The minimum Gasteiger partial charge on any atom is -0.385 e. The third kappa shape index (κ3) is 4.77. The van der Waals surface area contributed by atoms with Crippen LogP contribution in [-0.2, 0) is 11.8 Å². The van der Waals surface area contributed by atoms with Crippen molar-refractivity contribution in [1.29, 1.82) is 5.41 Å². The van der Waals surface area contributed by atoms with Crippen molar-refractivity contribution in [3.8, 4) is 11.3 Å². The van der Waals surface area contributed by atoms with Crippen LogP contribution in [0.4, 0.5) is 4.79 Å². The molecule has 2 aromatic heterocycles. The molecule has 0 saturated carbocycles. The third-order valence-electron chi connectivity index (χ3n) is 6.78. The normalized spacial score (nSPS) is 17.0. The SMILES string of the molecule is CNC(=O)N1CCC(NC2CCOCC2)=C(C(=N)c2cccc3cc(-c4cnn(C)c4)ncc23)C1. The summed E-state index contributed by atoms with van der Waals surface area (Å²) < 4.78 is 7.27. The summed E-state index contributed by atoms with van der Waals surface area (Å²) in [5.41, 5.74) is 4.95. The Kier molecular flexibility index (Phi) is 6.50. The van der Waals surface area contributed by atoms with Crippen molar-refractivity contribution in [1.82, 2.24) is 30.3 Å². The Bertz CT molecular complexity index is 1290. The van der Waals surface area contributed by atoms with Crippen molar-refractivity contribution < 1.29 is 9.53 Å². The van der Waals surface area contributed by atoms with Crippen molar-refractivity contribution >= 4 is 22.5 Å². The maximum Gasteiger partial charge on any atom is 0.317 e. The van der Waals surface area contributed by atoms with Gasteiger partial charge < -0.3 is 20.3 Å². The van der Waals surface area contributed by atoms with Crippen molar-refractivity contribution in [2.75, 3.05) is 33.4 Å². The Morgan fingerprint density at radius 3 is 2.80 bits per heavy atom. The lowest BCUT2D eigenvalue weighted by atomic mass is 9.92. The second kappa shape index (κ2) is 9.87. The van der Waals surface area contributed by atoms with Crippen LogP contribution in [0.5, 0.6) is 0 Å². The molecule has 5 rings (SSSR count). The van der Waals surface area contributed by atoms with Gasteiger partial charge in [0.2, 0.25) is 0 Å². The van der Waals surface area contributed by atoms with Gasteiger partial charge in [0.05, 0.1) is 24.1 Å². The van der Waals surface area contributed by atoms with Crippen molar-refractivity contribution in [3.05, 3.63) is 59.7 Å². The van der Waals surface area contributed by atoms with E-state index in [2.05, 4.69) is 20.7 Å². The van der Waals surface area contributed by atoms with Crippen LogP contribution in [-0.4, -0.2) is 70.8 Å². The average molecular weight is 474 g/mol. The molecule has 3 aromatic rings. The number of aryl methyl sites for hydroxylation is 1. The quantitative estimate of drug-likeness (QED) is 0.494. The molecule has 3 N–H and O–H groups in total. The summed E-state index contributed by atoms with van der Waals surface area (Å²) >= 11 is 0. The van der Waals surface area contributed by atoms with E-state index in [4.69, 9.17) is 4.74 Å². The summed E-state index contributed by atoms with van der Waals surface area (Å²) in [7, 11) is 3.53. The highest BCUT2D eigenvalue weighted by molar-refractivity contribution is 6.18. The van der Waals surface area contributed by atoms with Crippen LogP contribution in [0, 0.1) is 5.41 Å². The van der Waals surface area contributed by atoms with E-state index in [-0.39, 0.29) is 6.03 Å². The van der Waals surface area contributed by atoms with Gasteiger partial charge in [0, 0.05) is 86.5 Å². The van der Waals surface area contributed by atoms with E-state index in [0.717, 1.165) is 64.9 Å². The topological polar surface area (TPSA) is 108 Å². The number of rotatable bonds is 5. The number of nitrogens with zero attached hydrogens (tertiary/aromatic N) is 4. The molecule has 0 radical (unpaired) electrons. The first-order valence-corrected chi connectivity index (χ1v) is 12.0. The van der Waals surface area contributed by atoms with E-state index in [0.29, 0.717) is 31.3 Å². The molecule has 0 bridgehead atoms. The largest absolute Gasteiger partial charge is 0.385 e. The fraction of sp³-hybridized carbons (Fsp3) is 0.385. The molecule has 1 fully saturated rings. The lowest BCUT2D eigenvalue weighted by Gasteiger charge is -2.34. The number of urea groups is 1. The van der Waals surface area contributed by atoms with Gasteiger partial charge in [0.25, 0.3) is 0 Å². The first kappa shape index (κ1) is 23.0. The van der Waals surface area contributed by atoms with Crippen molar-refractivity contribution in [2.24, 2.45) is 7.05 Å². The number of benzene rings is 1. The number of carbonyl (C=O) groups excluding carboxylic acids is 1. The second-order valence-electron chi connectivity index (χ2n) is 9.09. The van der Waals surface area contributed by atoms with Crippen LogP contribution in [0.25, 0.3) is 22.0 Å². The van der Waals surface area contributed by atoms with Gasteiger partial charge >= 0.3 is 6.03 Å². The molecule has 0 atom stereocenters. The summed E-state index contributed by atoms with van der Waals surface area (Å²) in [5, 5.41) is 21.8. The van der Waals surface area contributed by atoms with Crippen LogP contribution in [0.2, 0.25) is 0 Å². The van der Waals surface area contributed by atoms with Gasteiger partial charge in [0.1, 0.15) is 0 Å². The molecule has 4 heterocycles. The monoisotopic (exact) mass is 473 g/mol. The molecule has 0 aliphatic carbocycles. The number of fused-ring (bicyclic) bond motifs is 1. The van der Waals surface area contributed by atoms with E-state index in [1.54, 1.807) is 22.8 Å². The smallest absolute Gasteiger partial charge is 0.317 e. The zero-order valence-corrected chi connectivity index (χ0v) is 20.2. The Morgan fingerprint density at radius 2 is 2.06 bits per heavy atom. The zero-order valence-electron chi connectivity index (χ0n) is 20.2. The van der Waals surface area contributed by atoms with E-state index in [9.17, 15) is 10.2 Å². The first-order valence-electron chi connectivity index (χ1n) is 12.0. The molecule has 9 nitrogen and oxygen atoms in total. The van der Waals surface area contributed by atoms with Crippen LogP contribution < -0.4 is 10.6 Å². The molecule has 0 spiro atoms. The fourth-order valence-corrected chi connectivity index (χ4v) is 4.84. The Labute approximate surface area is 204 Å². The summed E-state index contributed by atoms with van der Waals surface area (Å²) in [6, 6.07) is 8.22. The van der Waals surface area contributed by atoms with E-state index >= 15 is 0 Å².